The van der Waals surface area contributed by atoms with Crippen LogP contribution in [0.25, 0.3) is 0 Å². The number of aromatic nitrogens is 2. The molecule has 0 N–H and O–H groups in total. The van der Waals surface area contributed by atoms with Crippen LogP contribution in [-0.2, 0) is 7.05 Å². The fourth-order valence-corrected chi connectivity index (χ4v) is 3.04. The maximum absolute atomic E-state index is 13.4. The summed E-state index contributed by atoms with van der Waals surface area (Å²) in [5, 5.41) is 4.05. The molecule has 1 atom stereocenters. The third-order valence-electron chi connectivity index (χ3n) is 4.52. The fourth-order valence-electron chi connectivity index (χ4n) is 3.04. The predicted molar refractivity (Wildman–Crippen MR) is 85.5 cm³/mol. The van der Waals surface area contributed by atoms with Gasteiger partial charge in [-0.15, -0.1) is 0 Å². The van der Waals surface area contributed by atoms with Gasteiger partial charge in [0, 0.05) is 45.5 Å². The van der Waals surface area contributed by atoms with Crippen molar-refractivity contribution in [1.82, 2.24) is 19.6 Å². The molecule has 1 fully saturated rings. The molecule has 1 saturated heterocycles. The summed E-state index contributed by atoms with van der Waals surface area (Å²) in [5.74, 6) is -0.192. The van der Waals surface area contributed by atoms with Crippen molar-refractivity contribution in [2.24, 2.45) is 7.05 Å². The summed E-state index contributed by atoms with van der Waals surface area (Å²) >= 11 is 0. The fraction of sp³-hybridized carbons (Fsp3) is 0.412. The molecule has 0 bridgehead atoms. The second-order valence-electron chi connectivity index (χ2n) is 5.90. The highest BCUT2D eigenvalue weighted by atomic mass is 19.1. The summed E-state index contributed by atoms with van der Waals surface area (Å²) in [4.78, 5) is 16.6. The Balaban J connectivity index is 1.62. The molecule has 1 aromatic carbocycles. The number of halogens is 1. The molecule has 23 heavy (non-hydrogen) atoms. The van der Waals surface area contributed by atoms with Crippen molar-refractivity contribution >= 4 is 5.91 Å². The molecular weight excluding hydrogens is 295 g/mol. The minimum atomic E-state index is -0.209. The Morgan fingerprint density at radius 3 is 2.57 bits per heavy atom. The summed E-state index contributed by atoms with van der Waals surface area (Å²) < 4.78 is 15.0. The van der Waals surface area contributed by atoms with E-state index in [1.807, 2.05) is 11.0 Å². The first-order valence-electron chi connectivity index (χ1n) is 7.83. The van der Waals surface area contributed by atoms with Gasteiger partial charge in [-0.3, -0.25) is 14.4 Å². The van der Waals surface area contributed by atoms with Crippen LogP contribution in [0.15, 0.2) is 36.5 Å². The van der Waals surface area contributed by atoms with Crippen molar-refractivity contribution in [1.29, 1.82) is 0 Å². The minimum Gasteiger partial charge on any atom is -0.335 e. The van der Waals surface area contributed by atoms with Gasteiger partial charge in [0.15, 0.2) is 0 Å². The van der Waals surface area contributed by atoms with Crippen LogP contribution in [0, 0.1) is 5.82 Å². The first-order chi connectivity index (χ1) is 11.1. The smallest absolute Gasteiger partial charge is 0.272 e. The standard InChI is InChI=1S/C17H21FN4O/c1-13(14-4-3-5-15(18)12-14)21-8-10-22(11-9-21)17(23)16-6-7-19-20(16)2/h3-7,12-13H,8-11H2,1-2H3. The van der Waals surface area contributed by atoms with Crippen molar-refractivity contribution in [3.8, 4) is 0 Å². The highest BCUT2D eigenvalue weighted by molar-refractivity contribution is 5.92. The number of hydrogen-bond donors (Lipinski definition) is 0. The van der Waals surface area contributed by atoms with Crippen LogP contribution in [0.2, 0.25) is 0 Å². The van der Waals surface area contributed by atoms with E-state index in [-0.39, 0.29) is 17.8 Å². The van der Waals surface area contributed by atoms with Crippen LogP contribution in [0.1, 0.15) is 29.0 Å². The van der Waals surface area contributed by atoms with E-state index in [2.05, 4.69) is 16.9 Å². The monoisotopic (exact) mass is 316 g/mol. The van der Waals surface area contributed by atoms with Crippen LogP contribution in [-0.4, -0.2) is 51.7 Å². The Kier molecular flexibility index (Phi) is 4.43. The van der Waals surface area contributed by atoms with Gasteiger partial charge < -0.3 is 4.90 Å². The Morgan fingerprint density at radius 2 is 1.96 bits per heavy atom. The van der Waals surface area contributed by atoms with Crippen molar-refractivity contribution < 1.29 is 9.18 Å². The van der Waals surface area contributed by atoms with Gasteiger partial charge in [-0.25, -0.2) is 4.39 Å². The van der Waals surface area contributed by atoms with E-state index in [1.54, 1.807) is 36.1 Å². The van der Waals surface area contributed by atoms with E-state index in [4.69, 9.17) is 0 Å². The van der Waals surface area contributed by atoms with E-state index < -0.39 is 0 Å². The summed E-state index contributed by atoms with van der Waals surface area (Å²) in [6.07, 6.45) is 1.63. The number of nitrogens with zero attached hydrogens (tertiary/aromatic N) is 4. The lowest BCUT2D eigenvalue weighted by Crippen LogP contribution is -2.49. The number of carbonyl (C=O) groups excluding carboxylic acids is 1. The number of carbonyl (C=O) groups is 1. The highest BCUT2D eigenvalue weighted by Crippen LogP contribution is 2.22. The van der Waals surface area contributed by atoms with E-state index in [9.17, 15) is 9.18 Å². The zero-order valence-corrected chi connectivity index (χ0v) is 13.4. The van der Waals surface area contributed by atoms with Gasteiger partial charge in [0.1, 0.15) is 11.5 Å². The largest absolute Gasteiger partial charge is 0.335 e. The first-order valence-corrected chi connectivity index (χ1v) is 7.83. The Bertz CT molecular complexity index is 691. The average Bonchev–Trinajstić information content (AvgIpc) is 3.00. The molecule has 2 heterocycles. The molecule has 1 aliphatic rings. The lowest BCUT2D eigenvalue weighted by molar-refractivity contribution is 0.0572. The third-order valence-corrected chi connectivity index (χ3v) is 4.52. The van der Waals surface area contributed by atoms with Crippen molar-refractivity contribution in [2.45, 2.75) is 13.0 Å². The van der Waals surface area contributed by atoms with Gasteiger partial charge in [-0.1, -0.05) is 12.1 Å². The maximum atomic E-state index is 13.4. The van der Waals surface area contributed by atoms with Gasteiger partial charge in [0.25, 0.3) is 5.91 Å². The highest BCUT2D eigenvalue weighted by Gasteiger charge is 2.26. The zero-order valence-electron chi connectivity index (χ0n) is 13.4. The minimum absolute atomic E-state index is 0.0167. The maximum Gasteiger partial charge on any atom is 0.272 e. The average molecular weight is 316 g/mol. The summed E-state index contributed by atoms with van der Waals surface area (Å²) in [7, 11) is 1.77. The zero-order chi connectivity index (χ0) is 16.4. The number of rotatable bonds is 3. The van der Waals surface area contributed by atoms with Gasteiger partial charge in [-0.2, -0.15) is 5.10 Å². The van der Waals surface area contributed by atoms with Crippen LogP contribution >= 0.6 is 0 Å². The summed E-state index contributed by atoms with van der Waals surface area (Å²) in [6.45, 7) is 4.98. The predicted octanol–water partition coefficient (Wildman–Crippen LogP) is 2.08. The van der Waals surface area contributed by atoms with E-state index in [0.717, 1.165) is 18.7 Å². The molecule has 0 aliphatic carbocycles. The Hall–Kier alpha value is -2.21. The van der Waals surface area contributed by atoms with Crippen LogP contribution < -0.4 is 0 Å². The van der Waals surface area contributed by atoms with Gasteiger partial charge in [-0.05, 0) is 30.7 Å². The van der Waals surface area contributed by atoms with Gasteiger partial charge >= 0.3 is 0 Å². The van der Waals surface area contributed by atoms with Crippen molar-refractivity contribution in [3.63, 3.8) is 0 Å². The Morgan fingerprint density at radius 1 is 1.22 bits per heavy atom. The molecule has 5 nitrogen and oxygen atoms in total. The molecule has 122 valence electrons. The van der Waals surface area contributed by atoms with Crippen molar-refractivity contribution in [3.05, 3.63) is 53.6 Å². The molecule has 1 aliphatic heterocycles. The summed E-state index contributed by atoms with van der Waals surface area (Å²) in [6, 6.07) is 8.60. The molecule has 6 heteroatoms. The first kappa shape index (κ1) is 15.7. The summed E-state index contributed by atoms with van der Waals surface area (Å²) in [5.41, 5.74) is 1.58. The molecule has 2 aromatic rings. The molecule has 0 spiro atoms. The quantitative estimate of drug-likeness (QED) is 0.870. The SMILES string of the molecule is CC(c1cccc(F)c1)N1CCN(C(=O)c2ccnn2C)CC1. The third kappa shape index (κ3) is 3.27. The van der Waals surface area contributed by atoms with Gasteiger partial charge in [0.2, 0.25) is 0 Å². The number of piperazine rings is 1. The van der Waals surface area contributed by atoms with Crippen molar-refractivity contribution in [2.75, 3.05) is 26.2 Å². The van der Waals surface area contributed by atoms with E-state index in [1.165, 1.54) is 6.07 Å². The number of amides is 1. The second-order valence-corrected chi connectivity index (χ2v) is 5.90. The Labute approximate surface area is 135 Å². The van der Waals surface area contributed by atoms with Crippen LogP contribution in [0.5, 0.6) is 0 Å². The van der Waals surface area contributed by atoms with Crippen LogP contribution in [0.3, 0.4) is 0 Å². The second kappa shape index (κ2) is 6.50. The molecule has 1 unspecified atom stereocenters. The molecular formula is C17H21FN4O. The lowest BCUT2D eigenvalue weighted by Gasteiger charge is -2.38. The topological polar surface area (TPSA) is 41.4 Å². The molecule has 1 amide bonds. The number of aryl methyl sites for hydroxylation is 1. The van der Waals surface area contributed by atoms with Gasteiger partial charge in [0.05, 0.1) is 0 Å². The molecule has 1 aromatic heterocycles. The van der Waals surface area contributed by atoms with E-state index in [0.29, 0.717) is 18.8 Å². The van der Waals surface area contributed by atoms with E-state index >= 15 is 0 Å². The molecule has 0 saturated carbocycles. The van der Waals surface area contributed by atoms with Crippen LogP contribution in [0.4, 0.5) is 4.39 Å². The lowest BCUT2D eigenvalue weighted by atomic mass is 10.1. The molecule has 3 rings (SSSR count). The number of hydrogen-bond acceptors (Lipinski definition) is 3. The normalized spacial score (nSPS) is 17.3. The molecule has 0 radical (unpaired) electrons. The number of benzene rings is 1.